The van der Waals surface area contributed by atoms with E-state index in [4.69, 9.17) is 9.47 Å². The second kappa shape index (κ2) is 12.5. The quantitative estimate of drug-likeness (QED) is 0.388. The van der Waals surface area contributed by atoms with Crippen molar-refractivity contribution in [3.05, 3.63) is 42.0 Å². The molecule has 0 spiro atoms. The number of ether oxygens (including phenoxy) is 2. The fraction of sp³-hybridized carbons (Fsp3) is 0.615. The minimum atomic E-state index is -0.568. The van der Waals surface area contributed by atoms with Gasteiger partial charge in [0.05, 0.1) is 18.5 Å². The van der Waals surface area contributed by atoms with E-state index >= 15 is 0 Å². The number of hydrogen-bond donors (Lipinski definition) is 2. The van der Waals surface area contributed by atoms with Gasteiger partial charge in [0.25, 0.3) is 0 Å². The molecule has 1 saturated heterocycles. The maximum Gasteiger partial charge on any atom is 0.236 e. The lowest BCUT2D eigenvalue weighted by molar-refractivity contribution is 0.0699. The standard InChI is InChI=1S/C26H36F2N4O2/c1-33-11-8-29-21-4-2-18(3-5-21)12-22-14-23(24(27)17-30-22)20-13-25(26(28)32-16-20)31-15-19-6-9-34-10-7-19/h13-14,16-19,21,29,31H,2-12,15H2,1H3. The van der Waals surface area contributed by atoms with E-state index in [0.29, 0.717) is 41.2 Å². The Labute approximate surface area is 200 Å². The molecule has 2 fully saturated rings. The average molecular weight is 475 g/mol. The van der Waals surface area contributed by atoms with Crippen LogP contribution in [-0.4, -0.2) is 56.0 Å². The van der Waals surface area contributed by atoms with Crippen molar-refractivity contribution in [1.29, 1.82) is 0 Å². The average Bonchev–Trinajstić information content (AvgIpc) is 2.87. The molecule has 0 amide bonds. The van der Waals surface area contributed by atoms with E-state index in [2.05, 4.69) is 20.6 Å². The lowest BCUT2D eigenvalue weighted by atomic mass is 9.83. The van der Waals surface area contributed by atoms with Gasteiger partial charge in [-0.15, -0.1) is 0 Å². The van der Waals surface area contributed by atoms with Crippen LogP contribution in [0.1, 0.15) is 44.2 Å². The minimum Gasteiger partial charge on any atom is -0.383 e. The predicted molar refractivity (Wildman–Crippen MR) is 129 cm³/mol. The molecule has 6 nitrogen and oxygen atoms in total. The van der Waals surface area contributed by atoms with Crippen molar-refractivity contribution in [2.24, 2.45) is 11.8 Å². The first-order valence-electron chi connectivity index (χ1n) is 12.5. The van der Waals surface area contributed by atoms with Gasteiger partial charge in [-0.3, -0.25) is 4.98 Å². The van der Waals surface area contributed by atoms with Crippen molar-refractivity contribution in [1.82, 2.24) is 15.3 Å². The van der Waals surface area contributed by atoms with Crippen LogP contribution in [0.15, 0.2) is 24.5 Å². The largest absolute Gasteiger partial charge is 0.383 e. The molecule has 0 radical (unpaired) electrons. The lowest BCUT2D eigenvalue weighted by Crippen LogP contribution is -2.35. The Bertz CT molecular complexity index is 916. The van der Waals surface area contributed by atoms with Gasteiger partial charge in [0.1, 0.15) is 5.82 Å². The zero-order valence-electron chi connectivity index (χ0n) is 20.0. The molecule has 2 aliphatic rings. The highest BCUT2D eigenvalue weighted by molar-refractivity contribution is 5.67. The Morgan fingerprint density at radius 1 is 1.00 bits per heavy atom. The summed E-state index contributed by atoms with van der Waals surface area (Å²) < 4.78 is 39.5. The monoisotopic (exact) mass is 474 g/mol. The van der Waals surface area contributed by atoms with Crippen LogP contribution >= 0.6 is 0 Å². The van der Waals surface area contributed by atoms with Crippen molar-refractivity contribution in [2.75, 3.05) is 45.3 Å². The summed E-state index contributed by atoms with van der Waals surface area (Å²) in [6.45, 7) is 3.74. The molecule has 34 heavy (non-hydrogen) atoms. The van der Waals surface area contributed by atoms with Gasteiger partial charge in [-0.2, -0.15) is 4.39 Å². The highest BCUT2D eigenvalue weighted by atomic mass is 19.1. The fourth-order valence-corrected chi connectivity index (χ4v) is 4.97. The van der Waals surface area contributed by atoms with Gasteiger partial charge in [0.2, 0.25) is 5.95 Å². The zero-order valence-corrected chi connectivity index (χ0v) is 20.0. The summed E-state index contributed by atoms with van der Waals surface area (Å²) in [6.07, 6.45) is 9.91. The van der Waals surface area contributed by atoms with Crippen molar-refractivity contribution < 1.29 is 18.3 Å². The van der Waals surface area contributed by atoms with Crippen molar-refractivity contribution >= 4 is 5.69 Å². The third-order valence-corrected chi connectivity index (χ3v) is 7.07. The van der Waals surface area contributed by atoms with E-state index in [1.807, 2.05) is 0 Å². The van der Waals surface area contributed by atoms with Gasteiger partial charge in [-0.05, 0) is 68.9 Å². The summed E-state index contributed by atoms with van der Waals surface area (Å²) in [4.78, 5) is 8.23. The number of hydrogen-bond acceptors (Lipinski definition) is 6. The highest BCUT2D eigenvalue weighted by Gasteiger charge is 2.22. The first-order valence-corrected chi connectivity index (χ1v) is 12.5. The topological polar surface area (TPSA) is 68.3 Å². The van der Waals surface area contributed by atoms with Crippen LogP contribution in [0.25, 0.3) is 11.1 Å². The minimum absolute atomic E-state index is 0.307. The van der Waals surface area contributed by atoms with Crippen molar-refractivity contribution in [3.8, 4) is 11.1 Å². The third kappa shape index (κ3) is 6.93. The van der Waals surface area contributed by atoms with E-state index < -0.39 is 11.8 Å². The molecule has 1 saturated carbocycles. The van der Waals surface area contributed by atoms with Crippen molar-refractivity contribution in [3.63, 3.8) is 0 Å². The summed E-state index contributed by atoms with van der Waals surface area (Å²) in [6, 6.07) is 4.00. The molecular formula is C26H36F2N4O2. The molecular weight excluding hydrogens is 438 g/mol. The number of rotatable bonds is 10. The number of nitrogens with one attached hydrogen (secondary N) is 2. The lowest BCUT2D eigenvalue weighted by Gasteiger charge is -2.29. The Hall–Kier alpha value is -2.16. The molecule has 3 heterocycles. The molecule has 0 bridgehead atoms. The normalized spacial score (nSPS) is 21.5. The summed E-state index contributed by atoms with van der Waals surface area (Å²) in [5.74, 6) is -0.0133. The number of methoxy groups -OCH3 is 1. The maximum atomic E-state index is 14.7. The molecule has 4 rings (SSSR count). The SMILES string of the molecule is COCCNC1CCC(Cc2cc(-c3cnc(F)c(NCC4CCOCC4)c3)c(F)cn2)CC1. The third-order valence-electron chi connectivity index (χ3n) is 7.07. The number of aromatic nitrogens is 2. The van der Waals surface area contributed by atoms with Crippen LogP contribution in [0.4, 0.5) is 14.5 Å². The summed E-state index contributed by atoms with van der Waals surface area (Å²) in [5.41, 5.74) is 2.15. The van der Waals surface area contributed by atoms with Gasteiger partial charge in [-0.25, -0.2) is 9.37 Å². The summed E-state index contributed by atoms with van der Waals surface area (Å²) in [5, 5.41) is 6.72. The van der Waals surface area contributed by atoms with Crippen LogP contribution in [0.2, 0.25) is 0 Å². The van der Waals surface area contributed by atoms with Gasteiger partial charge in [-0.1, -0.05) is 0 Å². The number of nitrogens with zero attached hydrogens (tertiary/aromatic N) is 2. The Morgan fingerprint density at radius 2 is 1.79 bits per heavy atom. The maximum absolute atomic E-state index is 14.7. The Balaban J connectivity index is 1.38. The van der Waals surface area contributed by atoms with E-state index in [1.54, 1.807) is 19.2 Å². The van der Waals surface area contributed by atoms with Gasteiger partial charge < -0.3 is 20.1 Å². The second-order valence-electron chi connectivity index (χ2n) is 9.52. The van der Waals surface area contributed by atoms with Crippen LogP contribution in [0, 0.1) is 23.6 Å². The molecule has 2 aromatic heterocycles. The Kier molecular flexibility index (Phi) is 9.18. The van der Waals surface area contributed by atoms with E-state index in [9.17, 15) is 8.78 Å². The van der Waals surface area contributed by atoms with Crippen LogP contribution < -0.4 is 10.6 Å². The first-order chi connectivity index (χ1) is 16.6. The molecule has 2 N–H and O–H groups in total. The fourth-order valence-electron chi connectivity index (χ4n) is 4.97. The Morgan fingerprint density at radius 3 is 2.56 bits per heavy atom. The van der Waals surface area contributed by atoms with Crippen LogP contribution in [-0.2, 0) is 15.9 Å². The molecule has 0 aromatic carbocycles. The molecule has 0 atom stereocenters. The molecule has 1 aliphatic heterocycles. The number of anilines is 1. The number of halogens is 2. The molecule has 8 heteroatoms. The zero-order chi connectivity index (χ0) is 23.8. The predicted octanol–water partition coefficient (Wildman–Crippen LogP) is 4.60. The first kappa shape index (κ1) is 24.9. The number of pyridine rings is 2. The molecule has 1 aliphatic carbocycles. The summed E-state index contributed by atoms with van der Waals surface area (Å²) >= 11 is 0. The molecule has 2 aromatic rings. The van der Waals surface area contributed by atoms with E-state index in [0.717, 1.165) is 77.0 Å². The molecule has 0 unspecified atom stereocenters. The summed E-state index contributed by atoms with van der Waals surface area (Å²) in [7, 11) is 1.72. The van der Waals surface area contributed by atoms with E-state index in [1.165, 1.54) is 12.4 Å². The smallest absolute Gasteiger partial charge is 0.236 e. The van der Waals surface area contributed by atoms with Gasteiger partial charge >= 0.3 is 0 Å². The van der Waals surface area contributed by atoms with E-state index in [-0.39, 0.29) is 0 Å². The van der Waals surface area contributed by atoms with Gasteiger partial charge in [0, 0.05) is 62.5 Å². The second-order valence-corrected chi connectivity index (χ2v) is 9.52. The molecule has 186 valence electrons. The van der Waals surface area contributed by atoms with Crippen LogP contribution in [0.5, 0.6) is 0 Å². The highest BCUT2D eigenvalue weighted by Crippen LogP contribution is 2.30. The van der Waals surface area contributed by atoms with Crippen LogP contribution in [0.3, 0.4) is 0 Å². The van der Waals surface area contributed by atoms with Gasteiger partial charge in [0.15, 0.2) is 0 Å². The van der Waals surface area contributed by atoms with Crippen molar-refractivity contribution in [2.45, 2.75) is 51.0 Å².